The van der Waals surface area contributed by atoms with Crippen molar-refractivity contribution in [3.63, 3.8) is 0 Å². The Balaban J connectivity index is 1.67. The molecule has 0 aliphatic carbocycles. The first-order chi connectivity index (χ1) is 11.5. The highest BCUT2D eigenvalue weighted by molar-refractivity contribution is 7.99. The number of rotatable bonds is 4. The molecular weight excluding hydrogens is 325 g/mol. The monoisotopic (exact) mass is 345 g/mol. The average Bonchev–Trinajstić information content (AvgIpc) is 2.57. The third kappa shape index (κ3) is 3.90. The number of benzene rings is 2. The SMILES string of the molecule is Cc1ccc(O[C@H](C)C(=O)N[C@@H]2CCSc3ccc(F)cc32)cc1. The van der Waals surface area contributed by atoms with Gasteiger partial charge in [0.1, 0.15) is 11.6 Å². The first kappa shape index (κ1) is 16.8. The molecule has 1 amide bonds. The van der Waals surface area contributed by atoms with Gasteiger partial charge >= 0.3 is 0 Å². The lowest BCUT2D eigenvalue weighted by molar-refractivity contribution is -0.128. The van der Waals surface area contributed by atoms with E-state index >= 15 is 0 Å². The van der Waals surface area contributed by atoms with E-state index in [-0.39, 0.29) is 17.8 Å². The van der Waals surface area contributed by atoms with Crippen LogP contribution in [0.5, 0.6) is 5.75 Å². The summed E-state index contributed by atoms with van der Waals surface area (Å²) in [6.07, 6.45) is 0.170. The van der Waals surface area contributed by atoms with Crippen LogP contribution in [0.4, 0.5) is 4.39 Å². The maximum Gasteiger partial charge on any atom is 0.261 e. The van der Waals surface area contributed by atoms with Gasteiger partial charge in [-0.05, 0) is 56.2 Å². The van der Waals surface area contributed by atoms with E-state index in [9.17, 15) is 9.18 Å². The first-order valence-electron chi connectivity index (χ1n) is 7.99. The molecule has 24 heavy (non-hydrogen) atoms. The molecule has 0 fully saturated rings. The van der Waals surface area contributed by atoms with Crippen LogP contribution in [0.2, 0.25) is 0 Å². The van der Waals surface area contributed by atoms with Gasteiger partial charge in [0.2, 0.25) is 0 Å². The van der Waals surface area contributed by atoms with Crippen molar-refractivity contribution in [2.45, 2.75) is 37.3 Å². The number of carbonyl (C=O) groups excluding carboxylic acids is 1. The van der Waals surface area contributed by atoms with Crippen LogP contribution in [0, 0.1) is 12.7 Å². The summed E-state index contributed by atoms with van der Waals surface area (Å²) in [5, 5.41) is 2.99. The summed E-state index contributed by atoms with van der Waals surface area (Å²) in [6.45, 7) is 3.72. The summed E-state index contributed by atoms with van der Waals surface area (Å²) >= 11 is 1.69. The van der Waals surface area contributed by atoms with E-state index in [0.29, 0.717) is 5.75 Å². The molecule has 0 bridgehead atoms. The minimum atomic E-state index is -0.612. The molecule has 3 rings (SSSR count). The Morgan fingerprint density at radius 2 is 2.04 bits per heavy atom. The molecule has 2 aromatic rings. The zero-order chi connectivity index (χ0) is 17.1. The number of aryl methyl sites for hydroxylation is 1. The molecule has 2 atom stereocenters. The molecule has 2 aromatic carbocycles. The number of fused-ring (bicyclic) bond motifs is 1. The van der Waals surface area contributed by atoms with Gasteiger partial charge < -0.3 is 10.1 Å². The van der Waals surface area contributed by atoms with Gasteiger partial charge in [0, 0.05) is 10.6 Å². The molecule has 1 N–H and O–H groups in total. The highest BCUT2D eigenvalue weighted by atomic mass is 32.2. The van der Waals surface area contributed by atoms with Gasteiger partial charge in [-0.3, -0.25) is 4.79 Å². The molecule has 3 nitrogen and oxygen atoms in total. The number of amides is 1. The van der Waals surface area contributed by atoms with E-state index in [4.69, 9.17) is 4.74 Å². The molecule has 1 heterocycles. The van der Waals surface area contributed by atoms with Crippen LogP contribution in [-0.2, 0) is 4.79 Å². The van der Waals surface area contributed by atoms with Crippen molar-refractivity contribution < 1.29 is 13.9 Å². The normalized spacial score (nSPS) is 17.7. The maximum atomic E-state index is 13.5. The van der Waals surface area contributed by atoms with E-state index in [1.165, 1.54) is 12.1 Å². The Labute approximate surface area is 145 Å². The Kier molecular flexibility index (Phi) is 5.09. The Hall–Kier alpha value is -2.01. The summed E-state index contributed by atoms with van der Waals surface area (Å²) in [5.74, 6) is 1.09. The minimum Gasteiger partial charge on any atom is -0.481 e. The van der Waals surface area contributed by atoms with Crippen LogP contribution >= 0.6 is 11.8 Å². The number of carbonyl (C=O) groups is 1. The average molecular weight is 345 g/mol. The largest absolute Gasteiger partial charge is 0.481 e. The molecular formula is C19H20FNO2S. The fraction of sp³-hybridized carbons (Fsp3) is 0.316. The van der Waals surface area contributed by atoms with Crippen LogP contribution in [0.3, 0.4) is 0 Å². The predicted octanol–water partition coefficient (Wildman–Crippen LogP) is 4.25. The predicted molar refractivity (Wildman–Crippen MR) is 93.9 cm³/mol. The van der Waals surface area contributed by atoms with Gasteiger partial charge in [-0.2, -0.15) is 0 Å². The van der Waals surface area contributed by atoms with Crippen molar-refractivity contribution in [2.24, 2.45) is 0 Å². The van der Waals surface area contributed by atoms with Gasteiger partial charge in [0.05, 0.1) is 6.04 Å². The molecule has 5 heteroatoms. The van der Waals surface area contributed by atoms with Crippen molar-refractivity contribution in [1.29, 1.82) is 0 Å². The molecule has 0 saturated carbocycles. The second-order valence-corrected chi connectivity index (χ2v) is 7.09. The van der Waals surface area contributed by atoms with Crippen LogP contribution in [0.1, 0.15) is 30.5 Å². The third-order valence-electron chi connectivity index (χ3n) is 4.03. The molecule has 1 aliphatic heterocycles. The molecule has 0 radical (unpaired) electrons. The second-order valence-electron chi connectivity index (χ2n) is 5.95. The van der Waals surface area contributed by atoms with E-state index < -0.39 is 6.10 Å². The minimum absolute atomic E-state index is 0.173. The summed E-state index contributed by atoms with van der Waals surface area (Å²) in [6, 6.07) is 12.2. The zero-order valence-electron chi connectivity index (χ0n) is 13.7. The molecule has 0 spiro atoms. The molecule has 1 aliphatic rings. The highest BCUT2D eigenvalue weighted by Gasteiger charge is 2.25. The van der Waals surface area contributed by atoms with Crippen molar-refractivity contribution in [1.82, 2.24) is 5.32 Å². The quantitative estimate of drug-likeness (QED) is 0.900. The van der Waals surface area contributed by atoms with Crippen LogP contribution in [0.15, 0.2) is 47.4 Å². The summed E-state index contributed by atoms with van der Waals surface area (Å²) in [5.41, 5.74) is 1.99. The lowest BCUT2D eigenvalue weighted by atomic mass is 10.0. The molecule has 0 aromatic heterocycles. The lowest BCUT2D eigenvalue weighted by Crippen LogP contribution is -2.39. The van der Waals surface area contributed by atoms with Crippen LogP contribution in [-0.4, -0.2) is 17.8 Å². The topological polar surface area (TPSA) is 38.3 Å². The number of halogens is 1. The highest BCUT2D eigenvalue weighted by Crippen LogP contribution is 2.36. The maximum absolute atomic E-state index is 13.5. The summed E-state index contributed by atoms with van der Waals surface area (Å²) < 4.78 is 19.2. The molecule has 126 valence electrons. The van der Waals surface area contributed by atoms with Crippen molar-refractivity contribution in [3.05, 3.63) is 59.4 Å². The third-order valence-corrected chi connectivity index (χ3v) is 5.15. The van der Waals surface area contributed by atoms with Crippen molar-refractivity contribution >= 4 is 17.7 Å². The van der Waals surface area contributed by atoms with Crippen LogP contribution < -0.4 is 10.1 Å². The number of nitrogens with one attached hydrogen (secondary N) is 1. The standard InChI is InChI=1S/C19H20FNO2S/c1-12-3-6-15(7-4-12)23-13(2)19(22)21-17-9-10-24-18-8-5-14(20)11-16(17)18/h3-8,11,13,17H,9-10H2,1-2H3,(H,21,22)/t13-,17-/m1/s1. The Bertz CT molecular complexity index is 733. The van der Waals surface area contributed by atoms with E-state index in [1.807, 2.05) is 31.2 Å². The molecule has 0 saturated heterocycles. The smallest absolute Gasteiger partial charge is 0.261 e. The van der Waals surface area contributed by atoms with Gasteiger partial charge in [-0.1, -0.05) is 17.7 Å². The first-order valence-corrected chi connectivity index (χ1v) is 8.97. The summed E-state index contributed by atoms with van der Waals surface area (Å²) in [4.78, 5) is 13.5. The number of thioether (sulfide) groups is 1. The summed E-state index contributed by atoms with van der Waals surface area (Å²) in [7, 11) is 0. The van der Waals surface area contributed by atoms with Crippen molar-refractivity contribution in [2.75, 3.05) is 5.75 Å². The number of hydrogen-bond acceptors (Lipinski definition) is 3. The van der Waals surface area contributed by atoms with Gasteiger partial charge in [0.15, 0.2) is 6.10 Å². The zero-order valence-corrected chi connectivity index (χ0v) is 14.5. The van der Waals surface area contributed by atoms with E-state index in [0.717, 1.165) is 28.2 Å². The van der Waals surface area contributed by atoms with Gasteiger partial charge in [0.25, 0.3) is 5.91 Å². The second kappa shape index (κ2) is 7.26. The number of hydrogen-bond donors (Lipinski definition) is 1. The van der Waals surface area contributed by atoms with E-state index in [2.05, 4.69) is 5.32 Å². The number of ether oxygens (including phenoxy) is 1. The van der Waals surface area contributed by atoms with E-state index in [1.54, 1.807) is 24.8 Å². The molecule has 0 unspecified atom stereocenters. The fourth-order valence-corrected chi connectivity index (χ4v) is 3.78. The fourth-order valence-electron chi connectivity index (χ4n) is 2.68. The van der Waals surface area contributed by atoms with Gasteiger partial charge in [-0.25, -0.2) is 4.39 Å². The van der Waals surface area contributed by atoms with Crippen LogP contribution in [0.25, 0.3) is 0 Å². The van der Waals surface area contributed by atoms with Gasteiger partial charge in [-0.15, -0.1) is 11.8 Å². The Morgan fingerprint density at radius 1 is 1.29 bits per heavy atom. The van der Waals surface area contributed by atoms with Crippen molar-refractivity contribution in [3.8, 4) is 5.75 Å². The Morgan fingerprint density at radius 3 is 2.79 bits per heavy atom. The lowest BCUT2D eigenvalue weighted by Gasteiger charge is -2.27.